The molecule has 0 aliphatic carbocycles. The molecule has 0 fully saturated rings. The third-order valence-electron chi connectivity index (χ3n) is 5.21. The predicted molar refractivity (Wildman–Crippen MR) is 128 cm³/mol. The number of rotatable bonds is 7. The Kier molecular flexibility index (Phi) is 6.44. The highest BCUT2D eigenvalue weighted by atomic mass is 19.4. The van der Waals surface area contributed by atoms with Gasteiger partial charge in [-0.2, -0.15) is 18.2 Å². The lowest BCUT2D eigenvalue weighted by Crippen LogP contribution is -2.06. The molecule has 38 heavy (non-hydrogen) atoms. The maximum atomic E-state index is 12.9. The van der Waals surface area contributed by atoms with E-state index in [9.17, 15) is 23.3 Å². The third kappa shape index (κ3) is 5.28. The number of ether oxygens (including phenoxy) is 2. The Hall–Kier alpha value is -5.26. The largest absolute Gasteiger partial charge is 0.450 e. The van der Waals surface area contributed by atoms with Crippen molar-refractivity contribution in [2.45, 2.75) is 6.18 Å². The van der Waals surface area contributed by atoms with E-state index in [2.05, 4.69) is 15.1 Å². The maximum absolute atomic E-state index is 12.9. The van der Waals surface area contributed by atoms with Crippen molar-refractivity contribution in [3.63, 3.8) is 0 Å². The highest BCUT2D eigenvalue weighted by Gasteiger charge is 2.33. The lowest BCUT2D eigenvalue weighted by atomic mass is 10.1. The van der Waals surface area contributed by atoms with Crippen molar-refractivity contribution < 1.29 is 32.1 Å². The van der Waals surface area contributed by atoms with Crippen molar-refractivity contribution in [1.82, 2.24) is 15.1 Å². The summed E-state index contributed by atoms with van der Waals surface area (Å²) < 4.78 is 55.5. The summed E-state index contributed by atoms with van der Waals surface area (Å²) in [4.78, 5) is 19.0. The summed E-state index contributed by atoms with van der Waals surface area (Å²) >= 11 is 0. The standard InChI is InChI=1S/C26H15F3N4O5/c27-26(28,29)17-10-13-22(21(15-17)33(34)35)36-19-11-8-16(9-12-19)23-31-25(38-32-23)20-7-4-14-30-24(20)37-18-5-2-1-3-6-18/h1-15H. The first-order chi connectivity index (χ1) is 18.3. The van der Waals surface area contributed by atoms with Crippen LogP contribution in [0.5, 0.6) is 23.1 Å². The van der Waals surface area contributed by atoms with Crippen LogP contribution in [-0.2, 0) is 6.18 Å². The van der Waals surface area contributed by atoms with Gasteiger partial charge >= 0.3 is 11.9 Å². The summed E-state index contributed by atoms with van der Waals surface area (Å²) in [7, 11) is 0. The van der Waals surface area contributed by atoms with Crippen molar-refractivity contribution in [2.24, 2.45) is 0 Å². The average Bonchev–Trinajstić information content (AvgIpc) is 3.40. The highest BCUT2D eigenvalue weighted by Crippen LogP contribution is 2.38. The van der Waals surface area contributed by atoms with Gasteiger partial charge in [0.25, 0.3) is 5.89 Å². The molecule has 3 aromatic carbocycles. The summed E-state index contributed by atoms with van der Waals surface area (Å²) in [5.74, 6) is 1.08. The third-order valence-corrected chi connectivity index (χ3v) is 5.21. The smallest absolute Gasteiger partial charge is 0.416 e. The molecule has 0 N–H and O–H groups in total. The monoisotopic (exact) mass is 520 g/mol. The fraction of sp³-hybridized carbons (Fsp3) is 0.0385. The second kappa shape index (κ2) is 10.0. The van der Waals surface area contributed by atoms with Crippen LogP contribution in [0.3, 0.4) is 0 Å². The zero-order valence-corrected chi connectivity index (χ0v) is 19.1. The van der Waals surface area contributed by atoms with Crippen LogP contribution in [0.25, 0.3) is 22.8 Å². The number of alkyl halides is 3. The molecule has 2 heterocycles. The number of pyridine rings is 1. The molecule has 0 atom stereocenters. The van der Waals surface area contributed by atoms with E-state index in [1.807, 2.05) is 18.2 Å². The minimum atomic E-state index is -4.72. The first kappa shape index (κ1) is 24.4. The summed E-state index contributed by atoms with van der Waals surface area (Å²) in [6, 6.07) is 20.6. The summed E-state index contributed by atoms with van der Waals surface area (Å²) in [6.07, 6.45) is -3.16. The normalized spacial score (nSPS) is 11.2. The van der Waals surface area contributed by atoms with Crippen molar-refractivity contribution in [3.8, 4) is 46.0 Å². The van der Waals surface area contributed by atoms with E-state index in [0.717, 1.165) is 6.07 Å². The van der Waals surface area contributed by atoms with E-state index in [-0.39, 0.29) is 29.1 Å². The molecule has 0 aliphatic rings. The molecule has 190 valence electrons. The Balaban J connectivity index is 1.36. The van der Waals surface area contributed by atoms with Crippen LogP contribution in [-0.4, -0.2) is 20.0 Å². The number of para-hydroxylation sites is 1. The minimum Gasteiger partial charge on any atom is -0.450 e. The molecule has 0 amide bonds. The molecule has 9 nitrogen and oxygen atoms in total. The fourth-order valence-electron chi connectivity index (χ4n) is 3.41. The van der Waals surface area contributed by atoms with Crippen LogP contribution in [0.2, 0.25) is 0 Å². The van der Waals surface area contributed by atoms with Gasteiger partial charge in [0.1, 0.15) is 17.1 Å². The van der Waals surface area contributed by atoms with Crippen molar-refractivity contribution in [2.75, 3.05) is 0 Å². The lowest BCUT2D eigenvalue weighted by molar-refractivity contribution is -0.385. The lowest BCUT2D eigenvalue weighted by Gasteiger charge is -2.10. The number of aromatic nitrogens is 3. The number of nitro groups is 1. The van der Waals surface area contributed by atoms with Gasteiger partial charge in [-0.05, 0) is 60.7 Å². The minimum absolute atomic E-state index is 0.158. The van der Waals surface area contributed by atoms with Crippen LogP contribution in [0.4, 0.5) is 18.9 Å². The Labute approximate surface area is 212 Å². The SMILES string of the molecule is O=[N+]([O-])c1cc(C(F)(F)F)ccc1Oc1ccc(-c2noc(-c3cccnc3Oc3ccccc3)n2)cc1. The zero-order valence-electron chi connectivity index (χ0n) is 19.1. The second-order valence-corrected chi connectivity index (χ2v) is 7.76. The van der Waals surface area contributed by atoms with Crippen molar-refractivity contribution in [3.05, 3.63) is 107 Å². The first-order valence-electron chi connectivity index (χ1n) is 10.9. The molecular formula is C26H15F3N4O5. The van der Waals surface area contributed by atoms with Gasteiger partial charge in [-0.3, -0.25) is 10.1 Å². The fourth-order valence-corrected chi connectivity index (χ4v) is 3.41. The van der Waals surface area contributed by atoms with E-state index >= 15 is 0 Å². The number of halogens is 3. The van der Waals surface area contributed by atoms with E-state index in [1.165, 1.54) is 12.1 Å². The Bertz CT molecular complexity index is 1590. The van der Waals surface area contributed by atoms with Crippen LogP contribution in [0.1, 0.15) is 5.56 Å². The number of hydrogen-bond acceptors (Lipinski definition) is 8. The summed E-state index contributed by atoms with van der Waals surface area (Å²) in [6.45, 7) is 0. The quantitative estimate of drug-likeness (QED) is 0.162. The molecule has 0 saturated heterocycles. The summed E-state index contributed by atoms with van der Waals surface area (Å²) in [5.41, 5.74) is -0.948. The molecule has 0 spiro atoms. The van der Waals surface area contributed by atoms with Gasteiger partial charge in [0.15, 0.2) is 0 Å². The van der Waals surface area contributed by atoms with Gasteiger partial charge < -0.3 is 14.0 Å². The Morgan fingerprint density at radius 2 is 1.61 bits per heavy atom. The van der Waals surface area contributed by atoms with E-state index in [4.69, 9.17) is 14.0 Å². The molecule has 0 unspecified atom stereocenters. The van der Waals surface area contributed by atoms with E-state index in [1.54, 1.807) is 42.6 Å². The molecule has 0 bridgehead atoms. The number of nitro benzene ring substituents is 1. The number of hydrogen-bond donors (Lipinski definition) is 0. The molecule has 0 aliphatic heterocycles. The van der Waals surface area contributed by atoms with Gasteiger partial charge in [-0.25, -0.2) is 4.98 Å². The predicted octanol–water partition coefficient (Wildman–Crippen LogP) is 7.31. The zero-order chi connectivity index (χ0) is 26.7. The second-order valence-electron chi connectivity index (χ2n) is 7.76. The molecular weight excluding hydrogens is 505 g/mol. The van der Waals surface area contributed by atoms with Gasteiger partial charge in [0.2, 0.25) is 17.5 Å². The molecule has 0 saturated carbocycles. The topological polar surface area (TPSA) is 113 Å². The highest BCUT2D eigenvalue weighted by molar-refractivity contribution is 5.64. The van der Waals surface area contributed by atoms with Gasteiger partial charge in [-0.15, -0.1) is 0 Å². The molecule has 0 radical (unpaired) electrons. The molecule has 5 rings (SSSR count). The average molecular weight is 520 g/mol. The molecule has 5 aromatic rings. The Morgan fingerprint density at radius 3 is 2.32 bits per heavy atom. The van der Waals surface area contributed by atoms with Crippen LogP contribution in [0.15, 0.2) is 95.6 Å². The first-order valence-corrected chi connectivity index (χ1v) is 10.9. The molecule has 12 heteroatoms. The van der Waals surface area contributed by atoms with Gasteiger partial charge in [0, 0.05) is 17.8 Å². The maximum Gasteiger partial charge on any atom is 0.416 e. The number of benzene rings is 3. The van der Waals surface area contributed by atoms with Crippen molar-refractivity contribution in [1.29, 1.82) is 0 Å². The Morgan fingerprint density at radius 1 is 0.868 bits per heavy atom. The van der Waals surface area contributed by atoms with E-state index < -0.39 is 22.4 Å². The van der Waals surface area contributed by atoms with Crippen molar-refractivity contribution >= 4 is 5.69 Å². The molecule has 2 aromatic heterocycles. The van der Waals surface area contributed by atoms with Crippen LogP contribution >= 0.6 is 0 Å². The van der Waals surface area contributed by atoms with Crippen LogP contribution in [0, 0.1) is 10.1 Å². The van der Waals surface area contributed by atoms with Gasteiger partial charge in [-0.1, -0.05) is 23.4 Å². The number of nitrogens with zero attached hydrogens (tertiary/aromatic N) is 4. The summed E-state index contributed by atoms with van der Waals surface area (Å²) in [5, 5.41) is 15.3. The van der Waals surface area contributed by atoms with E-state index in [0.29, 0.717) is 29.0 Å². The van der Waals surface area contributed by atoms with Gasteiger partial charge in [0.05, 0.1) is 10.5 Å². The van der Waals surface area contributed by atoms with Crippen LogP contribution < -0.4 is 9.47 Å².